The molecule has 1 fully saturated rings. The first-order valence-electron chi connectivity index (χ1n) is 10.3. The van der Waals surface area contributed by atoms with Crippen LogP contribution in [0.1, 0.15) is 23.6 Å². The highest BCUT2D eigenvalue weighted by Crippen LogP contribution is 2.32. The van der Waals surface area contributed by atoms with Gasteiger partial charge in [-0.1, -0.05) is 24.3 Å². The predicted octanol–water partition coefficient (Wildman–Crippen LogP) is 3.09. The minimum absolute atomic E-state index is 0.107. The maximum Gasteiger partial charge on any atom is 0.165 e. The zero-order chi connectivity index (χ0) is 20.1. The summed E-state index contributed by atoms with van der Waals surface area (Å²) in [6.07, 6.45) is 2.45. The van der Waals surface area contributed by atoms with E-state index in [-0.39, 0.29) is 11.9 Å². The van der Waals surface area contributed by atoms with Gasteiger partial charge < -0.3 is 14.3 Å². The minimum atomic E-state index is -0.325. The Balaban J connectivity index is 1.30. The molecule has 2 aliphatic rings. The summed E-state index contributed by atoms with van der Waals surface area (Å²) >= 11 is 0. The van der Waals surface area contributed by atoms with E-state index in [2.05, 4.69) is 21.9 Å². The van der Waals surface area contributed by atoms with Crippen molar-refractivity contribution in [2.45, 2.75) is 18.9 Å². The summed E-state index contributed by atoms with van der Waals surface area (Å²) in [5, 5.41) is 0. The van der Waals surface area contributed by atoms with Gasteiger partial charge in [0.1, 0.15) is 18.6 Å². The van der Waals surface area contributed by atoms with Crippen molar-refractivity contribution in [2.75, 3.05) is 45.9 Å². The second kappa shape index (κ2) is 9.37. The van der Waals surface area contributed by atoms with E-state index in [1.165, 1.54) is 17.2 Å². The van der Waals surface area contributed by atoms with Crippen LogP contribution in [-0.2, 0) is 11.2 Å². The summed E-state index contributed by atoms with van der Waals surface area (Å²) in [5.74, 6) is 0.949. The van der Waals surface area contributed by atoms with Gasteiger partial charge in [-0.15, -0.1) is 0 Å². The number of hydrogen-bond donors (Lipinski definition) is 0. The molecule has 6 heteroatoms. The van der Waals surface area contributed by atoms with Gasteiger partial charge in [0.2, 0.25) is 0 Å². The number of para-hydroxylation sites is 1. The topological polar surface area (TPSA) is 42.0 Å². The molecule has 4 rings (SSSR count). The Hall–Kier alpha value is -2.44. The van der Waals surface area contributed by atoms with Gasteiger partial charge in [0.15, 0.2) is 11.6 Å². The van der Waals surface area contributed by atoms with Crippen molar-refractivity contribution < 1.29 is 18.7 Å². The van der Waals surface area contributed by atoms with Crippen molar-refractivity contribution in [2.24, 2.45) is 0 Å². The molecule has 0 bridgehead atoms. The molecule has 2 aromatic carbocycles. The van der Waals surface area contributed by atoms with Gasteiger partial charge >= 0.3 is 0 Å². The highest BCUT2D eigenvalue weighted by Gasteiger charge is 2.26. The Kier molecular flexibility index (Phi) is 6.42. The third-order valence-corrected chi connectivity index (χ3v) is 5.77. The quantitative estimate of drug-likeness (QED) is 0.640. The first-order chi connectivity index (χ1) is 14.2. The van der Waals surface area contributed by atoms with Gasteiger partial charge in [0.05, 0.1) is 6.61 Å². The maximum absolute atomic E-state index is 13.6. The fourth-order valence-corrected chi connectivity index (χ4v) is 4.15. The largest absolute Gasteiger partial charge is 0.493 e. The van der Waals surface area contributed by atoms with E-state index in [1.54, 1.807) is 18.2 Å². The highest BCUT2D eigenvalue weighted by molar-refractivity contribution is 5.52. The standard InChI is InChI=1S/C23H27FN2O3/c24-20-3-1-2-4-23(20)29-16-13-25-9-11-26(12-10-25)21(7-14-27)18-5-6-22-19(17-18)8-15-28-22/h1-6,14,17,21H,7-13,15-16H2. The van der Waals surface area contributed by atoms with Gasteiger partial charge in [-0.3, -0.25) is 9.80 Å². The van der Waals surface area contributed by atoms with Crippen LogP contribution in [0.5, 0.6) is 11.5 Å². The fourth-order valence-electron chi connectivity index (χ4n) is 4.15. The van der Waals surface area contributed by atoms with E-state index in [4.69, 9.17) is 9.47 Å². The van der Waals surface area contributed by atoms with Crippen molar-refractivity contribution >= 4 is 6.29 Å². The van der Waals surface area contributed by atoms with Gasteiger partial charge in [0.25, 0.3) is 0 Å². The summed E-state index contributed by atoms with van der Waals surface area (Å²) in [5.41, 5.74) is 2.43. The van der Waals surface area contributed by atoms with Crippen LogP contribution in [0.25, 0.3) is 0 Å². The van der Waals surface area contributed by atoms with Crippen LogP contribution in [0.2, 0.25) is 0 Å². The number of ether oxygens (including phenoxy) is 2. The van der Waals surface area contributed by atoms with Gasteiger partial charge in [0, 0.05) is 51.6 Å². The molecule has 5 nitrogen and oxygen atoms in total. The number of carbonyl (C=O) groups excluding carboxylic acids is 1. The monoisotopic (exact) mass is 398 g/mol. The average Bonchev–Trinajstić information content (AvgIpc) is 3.22. The summed E-state index contributed by atoms with van der Waals surface area (Å²) in [4.78, 5) is 16.0. The Morgan fingerprint density at radius 1 is 1.14 bits per heavy atom. The van der Waals surface area contributed by atoms with Crippen molar-refractivity contribution in [1.29, 1.82) is 0 Å². The number of halogens is 1. The number of rotatable bonds is 8. The number of fused-ring (bicyclic) bond motifs is 1. The maximum atomic E-state index is 13.6. The molecule has 0 amide bonds. The minimum Gasteiger partial charge on any atom is -0.493 e. The number of piperazine rings is 1. The SMILES string of the molecule is O=CCC(c1ccc2c(c1)CCO2)N1CCN(CCOc2ccccc2F)CC1. The lowest BCUT2D eigenvalue weighted by Crippen LogP contribution is -2.48. The Labute approximate surface area is 171 Å². The number of aldehydes is 1. The summed E-state index contributed by atoms with van der Waals surface area (Å²) in [6, 6.07) is 12.9. The van der Waals surface area contributed by atoms with Crippen LogP contribution in [0.4, 0.5) is 4.39 Å². The number of carbonyl (C=O) groups is 1. The molecule has 154 valence electrons. The van der Waals surface area contributed by atoms with Crippen molar-refractivity contribution in [1.82, 2.24) is 9.80 Å². The molecular weight excluding hydrogens is 371 g/mol. The van der Waals surface area contributed by atoms with Crippen LogP contribution in [0.3, 0.4) is 0 Å². The fraction of sp³-hybridized carbons (Fsp3) is 0.435. The third kappa shape index (κ3) is 4.77. The molecule has 1 unspecified atom stereocenters. The van der Waals surface area contributed by atoms with E-state index >= 15 is 0 Å². The number of benzene rings is 2. The summed E-state index contributed by atoms with van der Waals surface area (Å²) in [6.45, 7) is 5.57. The molecule has 0 spiro atoms. The van der Waals surface area contributed by atoms with Crippen LogP contribution >= 0.6 is 0 Å². The first kappa shape index (κ1) is 19.9. The van der Waals surface area contributed by atoms with Gasteiger partial charge in [-0.05, 0) is 29.3 Å². The predicted molar refractivity (Wildman–Crippen MR) is 109 cm³/mol. The Morgan fingerprint density at radius 3 is 2.76 bits per heavy atom. The second-order valence-corrected chi connectivity index (χ2v) is 7.54. The summed E-state index contributed by atoms with van der Waals surface area (Å²) < 4.78 is 24.8. The molecule has 0 aliphatic carbocycles. The van der Waals surface area contributed by atoms with Crippen LogP contribution in [-0.4, -0.2) is 62.0 Å². The molecule has 2 heterocycles. The van der Waals surface area contributed by atoms with E-state index in [0.29, 0.717) is 18.8 Å². The normalized spacial score (nSPS) is 18.1. The van der Waals surface area contributed by atoms with E-state index in [0.717, 1.165) is 57.8 Å². The number of hydrogen-bond acceptors (Lipinski definition) is 5. The lowest BCUT2D eigenvalue weighted by molar-refractivity contribution is -0.109. The molecule has 0 saturated carbocycles. The van der Waals surface area contributed by atoms with Gasteiger partial charge in [-0.25, -0.2) is 4.39 Å². The van der Waals surface area contributed by atoms with E-state index in [9.17, 15) is 9.18 Å². The molecule has 0 radical (unpaired) electrons. The summed E-state index contributed by atoms with van der Waals surface area (Å²) in [7, 11) is 0. The van der Waals surface area contributed by atoms with Crippen LogP contribution < -0.4 is 9.47 Å². The third-order valence-electron chi connectivity index (χ3n) is 5.77. The van der Waals surface area contributed by atoms with Crippen molar-refractivity contribution in [3.05, 3.63) is 59.4 Å². The molecule has 0 aromatic heterocycles. The molecule has 2 aliphatic heterocycles. The zero-order valence-corrected chi connectivity index (χ0v) is 16.6. The van der Waals surface area contributed by atoms with Crippen molar-refractivity contribution in [3.63, 3.8) is 0 Å². The molecule has 0 N–H and O–H groups in total. The molecular formula is C23H27FN2O3. The highest BCUT2D eigenvalue weighted by atomic mass is 19.1. The first-order valence-corrected chi connectivity index (χ1v) is 10.3. The molecule has 2 aromatic rings. The molecule has 1 saturated heterocycles. The molecule has 1 atom stereocenters. The van der Waals surface area contributed by atoms with E-state index in [1.807, 2.05) is 6.07 Å². The smallest absolute Gasteiger partial charge is 0.165 e. The van der Waals surface area contributed by atoms with Gasteiger partial charge in [-0.2, -0.15) is 0 Å². The molecule has 29 heavy (non-hydrogen) atoms. The van der Waals surface area contributed by atoms with Crippen LogP contribution in [0.15, 0.2) is 42.5 Å². The van der Waals surface area contributed by atoms with E-state index < -0.39 is 0 Å². The zero-order valence-electron chi connectivity index (χ0n) is 16.6. The van der Waals surface area contributed by atoms with Crippen molar-refractivity contribution in [3.8, 4) is 11.5 Å². The number of nitrogens with zero attached hydrogens (tertiary/aromatic N) is 2. The average molecular weight is 398 g/mol. The van der Waals surface area contributed by atoms with Crippen LogP contribution in [0, 0.1) is 5.82 Å². The lowest BCUT2D eigenvalue weighted by atomic mass is 9.98. The lowest BCUT2D eigenvalue weighted by Gasteiger charge is -2.39. The Morgan fingerprint density at radius 2 is 1.97 bits per heavy atom. The Bertz CT molecular complexity index is 837. The second-order valence-electron chi connectivity index (χ2n) is 7.54.